The van der Waals surface area contributed by atoms with Crippen molar-refractivity contribution in [1.29, 1.82) is 0 Å². The second-order valence-electron chi connectivity index (χ2n) is 4.66. The van der Waals surface area contributed by atoms with Crippen molar-refractivity contribution in [3.8, 4) is 11.5 Å². The predicted molar refractivity (Wildman–Crippen MR) is 72.4 cm³/mol. The normalized spacial score (nSPS) is 11.2. The van der Waals surface area contributed by atoms with E-state index in [1.165, 1.54) is 0 Å². The van der Waals surface area contributed by atoms with E-state index in [-0.39, 0.29) is 0 Å². The summed E-state index contributed by atoms with van der Waals surface area (Å²) in [7, 11) is 3.13. The van der Waals surface area contributed by atoms with Gasteiger partial charge in [-0.3, -0.25) is 4.79 Å². The molecule has 0 amide bonds. The fraction of sp³-hybridized carbons (Fsp3) is 0.462. The number of benzene rings is 1. The molecular formula is C13H17BrO4. The Balaban J connectivity index is 3.18. The van der Waals surface area contributed by atoms with Gasteiger partial charge in [-0.1, -0.05) is 0 Å². The highest BCUT2D eigenvalue weighted by molar-refractivity contribution is 9.10. The quantitative estimate of drug-likeness (QED) is 0.906. The van der Waals surface area contributed by atoms with Crippen molar-refractivity contribution in [2.24, 2.45) is 5.41 Å². The smallest absolute Gasteiger partial charge is 0.309 e. The number of rotatable bonds is 5. The van der Waals surface area contributed by atoms with E-state index in [4.69, 9.17) is 14.6 Å². The average molecular weight is 317 g/mol. The Morgan fingerprint density at radius 3 is 2.28 bits per heavy atom. The van der Waals surface area contributed by atoms with E-state index in [2.05, 4.69) is 15.9 Å². The Bertz CT molecular complexity index is 455. The SMILES string of the molecule is COc1cc(CC(C)(C)C(=O)O)c(OC)cc1Br. The second-order valence-corrected chi connectivity index (χ2v) is 5.52. The lowest BCUT2D eigenvalue weighted by atomic mass is 9.85. The third-order valence-electron chi connectivity index (χ3n) is 2.77. The lowest BCUT2D eigenvalue weighted by Crippen LogP contribution is -2.26. The number of carboxylic acid groups (broad SMARTS) is 1. The van der Waals surface area contributed by atoms with Gasteiger partial charge in [0, 0.05) is 0 Å². The summed E-state index contributed by atoms with van der Waals surface area (Å²) in [6.45, 7) is 3.37. The highest BCUT2D eigenvalue weighted by atomic mass is 79.9. The Hall–Kier alpha value is -1.23. The van der Waals surface area contributed by atoms with Gasteiger partial charge in [0.15, 0.2) is 0 Å². The van der Waals surface area contributed by atoms with Crippen molar-refractivity contribution < 1.29 is 19.4 Å². The first-order valence-electron chi connectivity index (χ1n) is 5.45. The molecule has 0 aliphatic carbocycles. The molecule has 5 heteroatoms. The zero-order chi connectivity index (χ0) is 13.9. The van der Waals surface area contributed by atoms with Gasteiger partial charge in [-0.15, -0.1) is 0 Å². The van der Waals surface area contributed by atoms with Gasteiger partial charge < -0.3 is 14.6 Å². The molecule has 0 radical (unpaired) electrons. The molecule has 4 nitrogen and oxygen atoms in total. The minimum atomic E-state index is -0.855. The molecule has 1 rings (SSSR count). The van der Waals surface area contributed by atoms with E-state index in [0.29, 0.717) is 17.9 Å². The van der Waals surface area contributed by atoms with Crippen LogP contribution in [-0.4, -0.2) is 25.3 Å². The van der Waals surface area contributed by atoms with Crippen LogP contribution in [0.1, 0.15) is 19.4 Å². The number of ether oxygens (including phenoxy) is 2. The van der Waals surface area contributed by atoms with Crippen LogP contribution in [0.5, 0.6) is 11.5 Å². The third kappa shape index (κ3) is 3.16. The van der Waals surface area contributed by atoms with Crippen LogP contribution in [0.2, 0.25) is 0 Å². The van der Waals surface area contributed by atoms with E-state index >= 15 is 0 Å². The maximum absolute atomic E-state index is 11.2. The summed E-state index contributed by atoms with van der Waals surface area (Å²) in [5.41, 5.74) is -0.0449. The van der Waals surface area contributed by atoms with Gasteiger partial charge >= 0.3 is 5.97 Å². The number of carbonyl (C=O) groups is 1. The number of aliphatic carboxylic acids is 1. The van der Waals surface area contributed by atoms with Crippen LogP contribution < -0.4 is 9.47 Å². The van der Waals surface area contributed by atoms with Gasteiger partial charge in [-0.05, 0) is 53.9 Å². The standard InChI is InChI=1S/C13H17BrO4/c1-13(2,12(15)16)7-8-5-11(18-4)9(14)6-10(8)17-3/h5-6H,7H2,1-4H3,(H,15,16). The number of methoxy groups -OCH3 is 2. The van der Waals surface area contributed by atoms with Crippen LogP contribution in [-0.2, 0) is 11.2 Å². The molecule has 0 aliphatic rings. The van der Waals surface area contributed by atoms with Gasteiger partial charge in [0.2, 0.25) is 0 Å². The molecule has 18 heavy (non-hydrogen) atoms. The molecule has 0 bridgehead atoms. The number of carboxylic acids is 1. The molecular weight excluding hydrogens is 300 g/mol. The predicted octanol–water partition coefficient (Wildman–Crippen LogP) is 3.12. The summed E-state index contributed by atoms with van der Waals surface area (Å²) >= 11 is 3.37. The molecule has 0 heterocycles. The van der Waals surface area contributed by atoms with Crippen molar-refractivity contribution in [1.82, 2.24) is 0 Å². The summed E-state index contributed by atoms with van der Waals surface area (Å²) < 4.78 is 11.3. The summed E-state index contributed by atoms with van der Waals surface area (Å²) in [5, 5.41) is 9.17. The Kier molecular flexibility index (Phi) is 4.62. The minimum Gasteiger partial charge on any atom is -0.496 e. The average Bonchev–Trinajstić information content (AvgIpc) is 2.30. The second kappa shape index (κ2) is 5.61. The van der Waals surface area contributed by atoms with Crippen LogP contribution in [0.25, 0.3) is 0 Å². The van der Waals surface area contributed by atoms with E-state index in [1.54, 1.807) is 40.2 Å². The van der Waals surface area contributed by atoms with Crippen molar-refractivity contribution in [3.63, 3.8) is 0 Å². The molecule has 1 N–H and O–H groups in total. The highest BCUT2D eigenvalue weighted by Crippen LogP contribution is 2.36. The van der Waals surface area contributed by atoms with Crippen LogP contribution >= 0.6 is 15.9 Å². The van der Waals surface area contributed by atoms with Crippen LogP contribution in [0, 0.1) is 5.41 Å². The largest absolute Gasteiger partial charge is 0.496 e. The summed E-state index contributed by atoms with van der Waals surface area (Å²) in [5.74, 6) is 0.468. The first-order chi connectivity index (χ1) is 8.31. The maximum atomic E-state index is 11.2. The monoisotopic (exact) mass is 316 g/mol. The van der Waals surface area contributed by atoms with Crippen molar-refractivity contribution in [3.05, 3.63) is 22.2 Å². The molecule has 0 atom stereocenters. The Morgan fingerprint density at radius 1 is 1.28 bits per heavy atom. The molecule has 1 aromatic rings. The molecule has 100 valence electrons. The fourth-order valence-electron chi connectivity index (χ4n) is 1.61. The van der Waals surface area contributed by atoms with Crippen molar-refractivity contribution in [2.45, 2.75) is 20.3 Å². The molecule has 0 saturated carbocycles. The third-order valence-corrected chi connectivity index (χ3v) is 3.39. The summed E-state index contributed by atoms with van der Waals surface area (Å²) in [4.78, 5) is 11.2. The Labute approximate surface area is 115 Å². The maximum Gasteiger partial charge on any atom is 0.309 e. The zero-order valence-corrected chi connectivity index (χ0v) is 12.5. The van der Waals surface area contributed by atoms with Crippen molar-refractivity contribution >= 4 is 21.9 Å². The topological polar surface area (TPSA) is 55.8 Å². The van der Waals surface area contributed by atoms with Crippen LogP contribution in [0.4, 0.5) is 0 Å². The molecule has 0 spiro atoms. The number of hydrogen-bond acceptors (Lipinski definition) is 3. The molecule has 1 aromatic carbocycles. The number of hydrogen-bond donors (Lipinski definition) is 1. The van der Waals surface area contributed by atoms with Gasteiger partial charge in [0.25, 0.3) is 0 Å². The minimum absolute atomic E-state index is 0.370. The van der Waals surface area contributed by atoms with Crippen LogP contribution in [0.3, 0.4) is 0 Å². The van der Waals surface area contributed by atoms with E-state index in [1.807, 2.05) is 0 Å². The van der Waals surface area contributed by atoms with E-state index in [0.717, 1.165) is 10.0 Å². The molecule has 0 unspecified atom stereocenters. The lowest BCUT2D eigenvalue weighted by Gasteiger charge is -2.21. The molecule has 0 fully saturated rings. The number of halogens is 1. The fourth-order valence-corrected chi connectivity index (χ4v) is 2.10. The lowest BCUT2D eigenvalue weighted by molar-refractivity contribution is -0.146. The Morgan fingerprint density at radius 2 is 1.83 bits per heavy atom. The van der Waals surface area contributed by atoms with E-state index < -0.39 is 11.4 Å². The van der Waals surface area contributed by atoms with Gasteiger partial charge in [0.05, 0.1) is 24.1 Å². The molecule has 0 saturated heterocycles. The van der Waals surface area contributed by atoms with Gasteiger partial charge in [0.1, 0.15) is 11.5 Å². The van der Waals surface area contributed by atoms with Crippen LogP contribution in [0.15, 0.2) is 16.6 Å². The summed E-state index contributed by atoms with van der Waals surface area (Å²) in [6, 6.07) is 3.58. The first-order valence-corrected chi connectivity index (χ1v) is 6.25. The molecule has 0 aliphatic heterocycles. The first kappa shape index (κ1) is 14.8. The zero-order valence-electron chi connectivity index (χ0n) is 10.9. The van der Waals surface area contributed by atoms with Crippen molar-refractivity contribution in [2.75, 3.05) is 14.2 Å². The van der Waals surface area contributed by atoms with E-state index in [9.17, 15) is 4.79 Å². The highest BCUT2D eigenvalue weighted by Gasteiger charge is 2.29. The molecule has 0 aromatic heterocycles. The summed E-state index contributed by atoms with van der Waals surface area (Å²) in [6.07, 6.45) is 0.370. The van der Waals surface area contributed by atoms with Gasteiger partial charge in [-0.25, -0.2) is 0 Å². The van der Waals surface area contributed by atoms with Gasteiger partial charge in [-0.2, -0.15) is 0 Å².